The molecule has 1 aromatic rings. The van der Waals surface area contributed by atoms with Crippen molar-refractivity contribution in [1.29, 1.82) is 0 Å². The lowest BCUT2D eigenvalue weighted by Crippen LogP contribution is -2.30. The molecule has 1 aliphatic rings. The zero-order chi connectivity index (χ0) is 12.3. The molecule has 17 heavy (non-hydrogen) atoms. The summed E-state index contributed by atoms with van der Waals surface area (Å²) >= 11 is 3.42. The number of hydrogen-bond donors (Lipinski definition) is 2. The number of halogens is 1. The quantitative estimate of drug-likeness (QED) is 0.871. The molecule has 92 valence electrons. The minimum atomic E-state index is -0.0372. The molecule has 2 rings (SSSR count). The van der Waals surface area contributed by atoms with Crippen LogP contribution in [0.5, 0.6) is 11.5 Å². The van der Waals surface area contributed by atoms with E-state index >= 15 is 0 Å². The third kappa shape index (κ3) is 2.89. The Kier molecular flexibility index (Phi) is 3.86. The number of benzene rings is 1. The molecule has 0 saturated carbocycles. The monoisotopic (exact) mass is 300 g/mol. The first-order valence-corrected chi connectivity index (χ1v) is 5.99. The third-order valence-electron chi connectivity index (χ3n) is 2.38. The van der Waals surface area contributed by atoms with Gasteiger partial charge in [-0.25, -0.2) is 0 Å². The van der Waals surface area contributed by atoms with Crippen molar-refractivity contribution in [1.82, 2.24) is 10.6 Å². The van der Waals surface area contributed by atoms with Crippen molar-refractivity contribution < 1.29 is 14.3 Å². The molecule has 0 unspecified atom stereocenters. The van der Waals surface area contributed by atoms with Crippen LogP contribution in [-0.2, 0) is 11.3 Å². The molecule has 0 atom stereocenters. The molecule has 0 aromatic heterocycles. The lowest BCUT2D eigenvalue weighted by Gasteiger charge is -2.06. The average Bonchev–Trinajstić information content (AvgIpc) is 2.77. The molecule has 0 spiro atoms. The molecule has 1 heterocycles. The highest BCUT2D eigenvalue weighted by molar-refractivity contribution is 9.10. The van der Waals surface area contributed by atoms with Crippen LogP contribution in [0.3, 0.4) is 0 Å². The Morgan fingerprint density at radius 1 is 1.47 bits per heavy atom. The van der Waals surface area contributed by atoms with E-state index < -0.39 is 0 Å². The fraction of sp³-hybridized carbons (Fsp3) is 0.364. The van der Waals surface area contributed by atoms with E-state index in [4.69, 9.17) is 9.47 Å². The molecule has 0 fully saturated rings. The molecular weight excluding hydrogens is 288 g/mol. The van der Waals surface area contributed by atoms with Gasteiger partial charge in [-0.05, 0) is 33.6 Å². The molecule has 1 amide bonds. The predicted octanol–water partition coefficient (Wildman–Crippen LogP) is 1.01. The second-order valence-corrected chi connectivity index (χ2v) is 4.44. The van der Waals surface area contributed by atoms with Crippen molar-refractivity contribution >= 4 is 21.8 Å². The van der Waals surface area contributed by atoms with Gasteiger partial charge in [0.2, 0.25) is 12.7 Å². The van der Waals surface area contributed by atoms with Gasteiger partial charge in [0, 0.05) is 13.6 Å². The molecule has 1 aliphatic heterocycles. The van der Waals surface area contributed by atoms with Crippen molar-refractivity contribution in [3.8, 4) is 11.5 Å². The van der Waals surface area contributed by atoms with Crippen LogP contribution < -0.4 is 20.1 Å². The van der Waals surface area contributed by atoms with Gasteiger partial charge in [-0.15, -0.1) is 0 Å². The van der Waals surface area contributed by atoms with Crippen molar-refractivity contribution in [3.05, 3.63) is 22.2 Å². The van der Waals surface area contributed by atoms with Crippen LogP contribution in [-0.4, -0.2) is 26.3 Å². The summed E-state index contributed by atoms with van der Waals surface area (Å²) in [5, 5.41) is 5.59. The number of nitrogens with one attached hydrogen (secondary N) is 2. The second-order valence-electron chi connectivity index (χ2n) is 3.59. The van der Waals surface area contributed by atoms with Crippen molar-refractivity contribution in [2.45, 2.75) is 6.54 Å². The first-order valence-electron chi connectivity index (χ1n) is 5.20. The topological polar surface area (TPSA) is 59.6 Å². The Balaban J connectivity index is 1.98. The average molecular weight is 301 g/mol. The minimum Gasteiger partial charge on any atom is -0.454 e. The van der Waals surface area contributed by atoms with Crippen LogP contribution in [0.1, 0.15) is 5.56 Å². The number of carbonyl (C=O) groups excluding carboxylic acids is 1. The summed E-state index contributed by atoms with van der Waals surface area (Å²) in [6, 6.07) is 3.86. The van der Waals surface area contributed by atoms with Gasteiger partial charge in [0.15, 0.2) is 11.5 Å². The van der Waals surface area contributed by atoms with Gasteiger partial charge >= 0.3 is 0 Å². The SMILES string of the molecule is CNC(=O)CNCc1cc(Br)c2c(c1)OCO2. The Morgan fingerprint density at radius 2 is 2.29 bits per heavy atom. The lowest BCUT2D eigenvalue weighted by molar-refractivity contribution is -0.119. The van der Waals surface area contributed by atoms with Crippen molar-refractivity contribution in [2.24, 2.45) is 0 Å². The highest BCUT2D eigenvalue weighted by Crippen LogP contribution is 2.39. The first kappa shape index (κ1) is 12.2. The standard InChI is InChI=1S/C11H13BrN2O3/c1-13-10(15)5-14-4-7-2-8(12)11-9(3-7)16-6-17-11/h2-3,14H,4-6H2,1H3,(H,13,15). The van der Waals surface area contributed by atoms with E-state index in [0.717, 1.165) is 21.5 Å². The van der Waals surface area contributed by atoms with Gasteiger partial charge in [0.1, 0.15) is 0 Å². The summed E-state index contributed by atoms with van der Waals surface area (Å²) in [6.45, 7) is 1.15. The largest absolute Gasteiger partial charge is 0.454 e. The Morgan fingerprint density at radius 3 is 3.06 bits per heavy atom. The predicted molar refractivity (Wildman–Crippen MR) is 66.0 cm³/mol. The summed E-state index contributed by atoms with van der Waals surface area (Å²) in [7, 11) is 1.61. The minimum absolute atomic E-state index is 0.0372. The fourth-order valence-corrected chi connectivity index (χ4v) is 2.14. The van der Waals surface area contributed by atoms with E-state index in [0.29, 0.717) is 13.1 Å². The summed E-state index contributed by atoms with van der Waals surface area (Å²) in [5.41, 5.74) is 1.03. The zero-order valence-corrected chi connectivity index (χ0v) is 11.0. The number of amides is 1. The van der Waals surface area contributed by atoms with Gasteiger partial charge in [-0.2, -0.15) is 0 Å². The Bertz CT molecular complexity index is 437. The number of ether oxygens (including phenoxy) is 2. The number of rotatable bonds is 4. The van der Waals surface area contributed by atoms with E-state index in [9.17, 15) is 4.79 Å². The molecular formula is C11H13BrN2O3. The summed E-state index contributed by atoms with van der Waals surface area (Å²) < 4.78 is 11.5. The molecule has 5 nitrogen and oxygen atoms in total. The maximum Gasteiger partial charge on any atom is 0.233 e. The van der Waals surface area contributed by atoms with Crippen LogP contribution in [0.4, 0.5) is 0 Å². The number of carbonyl (C=O) groups is 1. The second kappa shape index (κ2) is 5.37. The zero-order valence-electron chi connectivity index (χ0n) is 9.38. The normalized spacial score (nSPS) is 12.6. The van der Waals surface area contributed by atoms with Gasteiger partial charge in [-0.3, -0.25) is 4.79 Å². The van der Waals surface area contributed by atoms with E-state index in [-0.39, 0.29) is 12.7 Å². The number of likely N-dealkylation sites (N-methyl/N-ethyl adjacent to an activating group) is 1. The van der Waals surface area contributed by atoms with Crippen LogP contribution in [0.2, 0.25) is 0 Å². The van der Waals surface area contributed by atoms with E-state index in [2.05, 4.69) is 26.6 Å². The van der Waals surface area contributed by atoms with Crippen LogP contribution in [0.25, 0.3) is 0 Å². The van der Waals surface area contributed by atoms with Crippen molar-refractivity contribution in [2.75, 3.05) is 20.4 Å². The fourth-order valence-electron chi connectivity index (χ4n) is 1.53. The maximum absolute atomic E-state index is 11.0. The third-order valence-corrected chi connectivity index (χ3v) is 2.97. The van der Waals surface area contributed by atoms with E-state index in [1.165, 1.54) is 0 Å². The summed E-state index contributed by atoms with van der Waals surface area (Å²) in [4.78, 5) is 11.0. The van der Waals surface area contributed by atoms with Gasteiger partial charge in [-0.1, -0.05) is 0 Å². The summed E-state index contributed by atoms with van der Waals surface area (Å²) in [5.74, 6) is 1.43. The first-order chi connectivity index (χ1) is 8.20. The van der Waals surface area contributed by atoms with Crippen molar-refractivity contribution in [3.63, 3.8) is 0 Å². The van der Waals surface area contributed by atoms with Gasteiger partial charge in [0.25, 0.3) is 0 Å². The molecule has 1 aromatic carbocycles. The van der Waals surface area contributed by atoms with Crippen LogP contribution >= 0.6 is 15.9 Å². The highest BCUT2D eigenvalue weighted by Gasteiger charge is 2.17. The highest BCUT2D eigenvalue weighted by atomic mass is 79.9. The van der Waals surface area contributed by atoms with Gasteiger partial charge in [0.05, 0.1) is 11.0 Å². The molecule has 0 radical (unpaired) electrons. The molecule has 0 aliphatic carbocycles. The van der Waals surface area contributed by atoms with Gasteiger partial charge < -0.3 is 20.1 Å². The molecule has 0 saturated heterocycles. The van der Waals surface area contributed by atoms with Crippen LogP contribution in [0.15, 0.2) is 16.6 Å². The maximum atomic E-state index is 11.0. The molecule has 0 bridgehead atoms. The van der Waals surface area contributed by atoms with Crippen LogP contribution in [0, 0.1) is 0 Å². The molecule has 6 heteroatoms. The smallest absolute Gasteiger partial charge is 0.233 e. The summed E-state index contributed by atoms with van der Waals surface area (Å²) in [6.07, 6.45) is 0. The Labute approximate surface area is 108 Å². The Hall–Kier alpha value is -1.27. The molecule has 2 N–H and O–H groups in total. The number of hydrogen-bond acceptors (Lipinski definition) is 4. The van der Waals surface area contributed by atoms with E-state index in [1.54, 1.807) is 7.05 Å². The lowest BCUT2D eigenvalue weighted by atomic mass is 10.2. The van der Waals surface area contributed by atoms with E-state index in [1.807, 2.05) is 12.1 Å². The number of fused-ring (bicyclic) bond motifs is 1.